The summed E-state index contributed by atoms with van der Waals surface area (Å²) in [6.45, 7) is 2.25. The third-order valence-corrected chi connectivity index (χ3v) is 3.84. The summed E-state index contributed by atoms with van der Waals surface area (Å²) in [5.74, 6) is -0.290. The Morgan fingerprint density at radius 2 is 1.79 bits per heavy atom. The van der Waals surface area contributed by atoms with E-state index >= 15 is 0 Å². The quantitative estimate of drug-likeness (QED) is 0.781. The third-order valence-electron chi connectivity index (χ3n) is 3.43. The van der Waals surface area contributed by atoms with Gasteiger partial charge in [-0.2, -0.15) is 13.2 Å². The zero-order valence-electron chi connectivity index (χ0n) is 12.9. The Labute approximate surface area is 142 Å². The molecule has 2 aromatic rings. The van der Waals surface area contributed by atoms with E-state index in [1.54, 1.807) is 12.1 Å². The Morgan fingerprint density at radius 1 is 1.12 bits per heavy atom. The van der Waals surface area contributed by atoms with Gasteiger partial charge < -0.3 is 10.6 Å². The SMILES string of the molecule is Cc1c(Cl)cccc1NCCC(=O)Nc1ccc(C(F)(F)F)cc1. The number of anilines is 2. The van der Waals surface area contributed by atoms with E-state index in [1.807, 2.05) is 13.0 Å². The fourth-order valence-corrected chi connectivity index (χ4v) is 2.25. The van der Waals surface area contributed by atoms with E-state index in [1.165, 1.54) is 12.1 Å². The molecule has 3 nitrogen and oxygen atoms in total. The summed E-state index contributed by atoms with van der Waals surface area (Å²) in [5, 5.41) is 6.30. The number of rotatable bonds is 5. The van der Waals surface area contributed by atoms with Crippen LogP contribution in [0.3, 0.4) is 0 Å². The molecule has 0 spiro atoms. The lowest BCUT2D eigenvalue weighted by atomic mass is 10.2. The average molecular weight is 357 g/mol. The molecule has 2 rings (SSSR count). The Hall–Kier alpha value is -2.21. The molecule has 0 aliphatic carbocycles. The lowest BCUT2D eigenvalue weighted by molar-refractivity contribution is -0.137. The van der Waals surface area contributed by atoms with Crippen LogP contribution in [0.15, 0.2) is 42.5 Å². The van der Waals surface area contributed by atoms with Gasteiger partial charge in [-0.25, -0.2) is 0 Å². The van der Waals surface area contributed by atoms with Gasteiger partial charge in [0, 0.05) is 29.4 Å². The second-order valence-corrected chi connectivity index (χ2v) is 5.62. The largest absolute Gasteiger partial charge is 0.416 e. The van der Waals surface area contributed by atoms with Crippen LogP contribution in [0.25, 0.3) is 0 Å². The minimum atomic E-state index is -4.39. The molecule has 0 aromatic heterocycles. The molecule has 0 aliphatic rings. The second-order valence-electron chi connectivity index (χ2n) is 5.21. The van der Waals surface area contributed by atoms with Gasteiger partial charge in [-0.1, -0.05) is 17.7 Å². The van der Waals surface area contributed by atoms with Gasteiger partial charge in [-0.3, -0.25) is 4.79 Å². The van der Waals surface area contributed by atoms with Gasteiger partial charge in [0.05, 0.1) is 5.56 Å². The highest BCUT2D eigenvalue weighted by molar-refractivity contribution is 6.31. The van der Waals surface area contributed by atoms with E-state index in [-0.39, 0.29) is 12.3 Å². The van der Waals surface area contributed by atoms with E-state index in [0.29, 0.717) is 17.3 Å². The van der Waals surface area contributed by atoms with E-state index in [9.17, 15) is 18.0 Å². The number of carbonyl (C=O) groups excluding carboxylic acids is 1. The molecule has 0 radical (unpaired) electrons. The number of nitrogens with one attached hydrogen (secondary N) is 2. The van der Waals surface area contributed by atoms with Crippen molar-refractivity contribution in [2.24, 2.45) is 0 Å². The van der Waals surface area contributed by atoms with Crippen molar-refractivity contribution in [2.75, 3.05) is 17.2 Å². The standard InChI is InChI=1S/C17H16ClF3N2O/c1-11-14(18)3-2-4-15(11)22-10-9-16(24)23-13-7-5-12(6-8-13)17(19,20)21/h2-8,22H,9-10H2,1H3,(H,23,24). The summed E-state index contributed by atoms with van der Waals surface area (Å²) in [7, 11) is 0. The highest BCUT2D eigenvalue weighted by atomic mass is 35.5. The van der Waals surface area contributed by atoms with Crippen molar-refractivity contribution < 1.29 is 18.0 Å². The molecule has 7 heteroatoms. The molecular weight excluding hydrogens is 341 g/mol. The number of alkyl halides is 3. The number of amides is 1. The summed E-state index contributed by atoms with van der Waals surface area (Å²) in [6, 6.07) is 9.77. The smallest absolute Gasteiger partial charge is 0.384 e. The molecule has 0 saturated heterocycles. The highest BCUT2D eigenvalue weighted by Crippen LogP contribution is 2.29. The van der Waals surface area contributed by atoms with Gasteiger partial charge in [0.1, 0.15) is 0 Å². The fourth-order valence-electron chi connectivity index (χ4n) is 2.08. The van der Waals surface area contributed by atoms with Crippen molar-refractivity contribution in [3.05, 3.63) is 58.6 Å². The molecule has 2 aromatic carbocycles. The lowest BCUT2D eigenvalue weighted by Gasteiger charge is -2.11. The van der Waals surface area contributed by atoms with Crippen molar-refractivity contribution in [3.63, 3.8) is 0 Å². The maximum absolute atomic E-state index is 12.5. The van der Waals surface area contributed by atoms with Gasteiger partial charge in [0.2, 0.25) is 5.91 Å². The van der Waals surface area contributed by atoms with Crippen LogP contribution in [0.1, 0.15) is 17.5 Å². The number of hydrogen-bond acceptors (Lipinski definition) is 2. The van der Waals surface area contributed by atoms with Gasteiger partial charge in [0.25, 0.3) is 0 Å². The molecule has 0 saturated carbocycles. The van der Waals surface area contributed by atoms with Crippen LogP contribution in [-0.4, -0.2) is 12.5 Å². The van der Waals surface area contributed by atoms with Crippen LogP contribution >= 0.6 is 11.6 Å². The van der Waals surface area contributed by atoms with E-state index in [2.05, 4.69) is 10.6 Å². The van der Waals surface area contributed by atoms with Crippen molar-refractivity contribution in [3.8, 4) is 0 Å². The Bertz CT molecular complexity index is 715. The summed E-state index contributed by atoms with van der Waals surface area (Å²) in [4.78, 5) is 11.8. The summed E-state index contributed by atoms with van der Waals surface area (Å²) in [6.07, 6.45) is -4.21. The van der Waals surface area contributed by atoms with Crippen molar-refractivity contribution in [1.82, 2.24) is 0 Å². The first-order valence-electron chi connectivity index (χ1n) is 7.23. The van der Waals surface area contributed by atoms with Crippen LogP contribution in [0, 0.1) is 6.92 Å². The number of halogens is 4. The van der Waals surface area contributed by atoms with Crippen molar-refractivity contribution in [1.29, 1.82) is 0 Å². The average Bonchev–Trinajstić information content (AvgIpc) is 2.51. The topological polar surface area (TPSA) is 41.1 Å². The third kappa shape index (κ3) is 4.89. The second kappa shape index (κ2) is 7.57. The Balaban J connectivity index is 1.84. The number of hydrogen-bond donors (Lipinski definition) is 2. The van der Waals surface area contributed by atoms with E-state index in [4.69, 9.17) is 11.6 Å². The van der Waals surface area contributed by atoms with Crippen LogP contribution < -0.4 is 10.6 Å². The summed E-state index contributed by atoms with van der Waals surface area (Å²) >= 11 is 6.01. The number of carbonyl (C=O) groups is 1. The monoisotopic (exact) mass is 356 g/mol. The van der Waals surface area contributed by atoms with E-state index < -0.39 is 11.7 Å². The molecule has 0 fully saturated rings. The molecule has 0 aliphatic heterocycles. The van der Waals surface area contributed by atoms with Crippen molar-refractivity contribution in [2.45, 2.75) is 19.5 Å². The van der Waals surface area contributed by atoms with Crippen molar-refractivity contribution >= 4 is 28.9 Å². The zero-order valence-corrected chi connectivity index (χ0v) is 13.6. The molecule has 128 valence electrons. The summed E-state index contributed by atoms with van der Waals surface area (Å²) in [5.41, 5.74) is 1.30. The first-order valence-corrected chi connectivity index (χ1v) is 7.61. The Kier molecular flexibility index (Phi) is 5.72. The van der Waals surface area contributed by atoms with Crippen LogP contribution in [0.5, 0.6) is 0 Å². The molecule has 2 N–H and O–H groups in total. The molecule has 0 bridgehead atoms. The molecule has 0 heterocycles. The fraction of sp³-hybridized carbons (Fsp3) is 0.235. The minimum absolute atomic E-state index is 0.174. The predicted octanol–water partition coefficient (Wildman–Crippen LogP) is 5.11. The van der Waals surface area contributed by atoms with Gasteiger partial charge in [0.15, 0.2) is 0 Å². The van der Waals surface area contributed by atoms with Crippen LogP contribution in [-0.2, 0) is 11.0 Å². The molecule has 0 unspecified atom stereocenters. The number of benzene rings is 2. The van der Waals surface area contributed by atoms with E-state index in [0.717, 1.165) is 23.4 Å². The van der Waals surface area contributed by atoms with Crippen LogP contribution in [0.4, 0.5) is 24.5 Å². The zero-order chi connectivity index (χ0) is 17.7. The van der Waals surface area contributed by atoms with Gasteiger partial charge in [-0.05, 0) is 48.9 Å². The molecule has 1 amide bonds. The maximum atomic E-state index is 12.5. The molecule has 0 atom stereocenters. The maximum Gasteiger partial charge on any atom is 0.416 e. The highest BCUT2D eigenvalue weighted by Gasteiger charge is 2.29. The molecule has 24 heavy (non-hydrogen) atoms. The first-order chi connectivity index (χ1) is 11.3. The lowest BCUT2D eigenvalue weighted by Crippen LogP contribution is -2.16. The van der Waals surface area contributed by atoms with Crippen LogP contribution in [0.2, 0.25) is 5.02 Å². The van der Waals surface area contributed by atoms with Gasteiger partial charge in [-0.15, -0.1) is 0 Å². The Morgan fingerprint density at radius 3 is 2.42 bits per heavy atom. The minimum Gasteiger partial charge on any atom is -0.384 e. The summed E-state index contributed by atoms with van der Waals surface area (Å²) < 4.78 is 37.4. The normalized spacial score (nSPS) is 11.2. The molecular formula is C17H16ClF3N2O. The predicted molar refractivity (Wildman–Crippen MR) is 89.4 cm³/mol. The van der Waals surface area contributed by atoms with Gasteiger partial charge >= 0.3 is 6.18 Å². The first kappa shape index (κ1) is 18.1.